The van der Waals surface area contributed by atoms with E-state index in [1.54, 1.807) is 24.3 Å². The number of esters is 1. The number of amides is 2. The normalized spacial score (nSPS) is 15.8. The average molecular weight is 459 g/mol. The summed E-state index contributed by atoms with van der Waals surface area (Å²) < 4.78 is 5.01. The van der Waals surface area contributed by atoms with Crippen LogP contribution in [0.4, 0.5) is 4.79 Å². The molecule has 184 valence electrons. The van der Waals surface area contributed by atoms with E-state index in [0.717, 1.165) is 12.8 Å². The zero-order valence-electron chi connectivity index (χ0n) is 20.5. The topological polar surface area (TPSA) is 87.7 Å². The van der Waals surface area contributed by atoms with Crippen LogP contribution in [0.1, 0.15) is 108 Å². The molecular formula is C27H42N2O4. The largest absolute Gasteiger partial charge is 0.508 e. The molecule has 3 N–H and O–H groups in total. The fourth-order valence-corrected chi connectivity index (χ4v) is 4.44. The molecule has 33 heavy (non-hydrogen) atoms. The molecule has 0 fully saturated rings. The number of phenols is 1. The molecule has 2 rings (SSSR count). The van der Waals surface area contributed by atoms with Crippen molar-refractivity contribution in [1.82, 2.24) is 10.6 Å². The third kappa shape index (κ3) is 9.48. The van der Waals surface area contributed by atoms with Gasteiger partial charge in [0, 0.05) is 5.70 Å². The molecule has 6 heteroatoms. The summed E-state index contributed by atoms with van der Waals surface area (Å²) >= 11 is 0. The molecule has 0 bridgehead atoms. The zero-order valence-corrected chi connectivity index (χ0v) is 20.5. The van der Waals surface area contributed by atoms with Crippen molar-refractivity contribution < 1.29 is 19.4 Å². The van der Waals surface area contributed by atoms with E-state index in [-0.39, 0.29) is 11.8 Å². The molecule has 1 aromatic rings. The first kappa shape index (κ1) is 26.7. The van der Waals surface area contributed by atoms with Crippen molar-refractivity contribution in [2.75, 3.05) is 7.11 Å². The summed E-state index contributed by atoms with van der Waals surface area (Å²) in [6, 6.07) is 5.60. The SMILES string of the molecule is CCCCCCCCCCCCCCCC1=C(C(=O)OC)C(c2cccc(O)c2)NC(=O)N1. The number of nitrogens with one attached hydrogen (secondary N) is 2. The van der Waals surface area contributed by atoms with Gasteiger partial charge in [-0.15, -0.1) is 0 Å². The van der Waals surface area contributed by atoms with E-state index in [1.165, 1.54) is 77.7 Å². The Balaban J connectivity index is 1.78. The van der Waals surface area contributed by atoms with Crippen molar-refractivity contribution in [3.05, 3.63) is 41.1 Å². The molecule has 0 aromatic heterocycles. The number of methoxy groups -OCH3 is 1. The van der Waals surface area contributed by atoms with Crippen LogP contribution in [0.3, 0.4) is 0 Å². The lowest BCUT2D eigenvalue weighted by molar-refractivity contribution is -0.136. The highest BCUT2D eigenvalue weighted by Crippen LogP contribution is 2.31. The third-order valence-electron chi connectivity index (χ3n) is 6.29. The second-order valence-corrected chi connectivity index (χ2v) is 9.00. The van der Waals surface area contributed by atoms with E-state index in [1.807, 2.05) is 0 Å². The minimum Gasteiger partial charge on any atom is -0.508 e. The van der Waals surface area contributed by atoms with Crippen LogP contribution in [0.2, 0.25) is 0 Å². The number of unbranched alkanes of at least 4 members (excludes halogenated alkanes) is 12. The minimum atomic E-state index is -0.643. The summed E-state index contributed by atoms with van der Waals surface area (Å²) in [4.78, 5) is 24.8. The molecule has 0 saturated heterocycles. The summed E-state index contributed by atoms with van der Waals surface area (Å²) in [5.41, 5.74) is 1.66. The van der Waals surface area contributed by atoms with Crippen molar-refractivity contribution in [2.24, 2.45) is 0 Å². The fraction of sp³-hybridized carbons (Fsp3) is 0.630. The predicted octanol–water partition coefficient (Wildman–Crippen LogP) is 6.65. The Morgan fingerprint density at radius 2 is 1.52 bits per heavy atom. The Hall–Kier alpha value is -2.50. The molecule has 6 nitrogen and oxygen atoms in total. The van der Waals surface area contributed by atoms with E-state index in [4.69, 9.17) is 4.74 Å². The highest BCUT2D eigenvalue weighted by Gasteiger charge is 2.33. The molecule has 0 saturated carbocycles. The Bertz CT molecular complexity index is 775. The third-order valence-corrected chi connectivity index (χ3v) is 6.29. The van der Waals surface area contributed by atoms with Crippen LogP contribution in [-0.2, 0) is 9.53 Å². The minimum absolute atomic E-state index is 0.0857. The zero-order chi connectivity index (χ0) is 23.9. The van der Waals surface area contributed by atoms with Gasteiger partial charge >= 0.3 is 12.0 Å². The van der Waals surface area contributed by atoms with E-state index in [9.17, 15) is 14.7 Å². The number of phenolic OH excluding ortho intramolecular Hbond substituents is 1. The molecule has 2 amide bonds. The lowest BCUT2D eigenvalue weighted by Gasteiger charge is -2.29. The highest BCUT2D eigenvalue weighted by atomic mass is 16.5. The second-order valence-electron chi connectivity index (χ2n) is 9.00. The number of rotatable bonds is 16. The van der Waals surface area contributed by atoms with Gasteiger partial charge in [-0.2, -0.15) is 0 Å². The van der Waals surface area contributed by atoms with Gasteiger partial charge < -0.3 is 20.5 Å². The Morgan fingerprint density at radius 1 is 0.939 bits per heavy atom. The van der Waals surface area contributed by atoms with Gasteiger partial charge in [0.15, 0.2) is 0 Å². The molecule has 0 aliphatic carbocycles. The van der Waals surface area contributed by atoms with E-state index < -0.39 is 12.0 Å². The fourth-order valence-electron chi connectivity index (χ4n) is 4.44. The molecule has 1 heterocycles. The summed E-state index contributed by atoms with van der Waals surface area (Å²) in [5, 5.41) is 15.4. The smallest absolute Gasteiger partial charge is 0.337 e. The van der Waals surface area contributed by atoms with Gasteiger partial charge in [0.25, 0.3) is 0 Å². The first-order valence-corrected chi connectivity index (χ1v) is 12.7. The average Bonchev–Trinajstić information content (AvgIpc) is 2.81. The first-order valence-electron chi connectivity index (χ1n) is 12.7. The molecular weight excluding hydrogens is 416 g/mol. The number of aromatic hydroxyl groups is 1. The molecule has 1 unspecified atom stereocenters. The Morgan fingerprint density at radius 3 is 2.06 bits per heavy atom. The number of hydrogen-bond donors (Lipinski definition) is 3. The van der Waals surface area contributed by atoms with Crippen LogP contribution in [0.5, 0.6) is 5.75 Å². The van der Waals surface area contributed by atoms with Crippen molar-refractivity contribution >= 4 is 12.0 Å². The van der Waals surface area contributed by atoms with E-state index >= 15 is 0 Å². The maximum Gasteiger partial charge on any atom is 0.337 e. The monoisotopic (exact) mass is 458 g/mol. The summed E-state index contributed by atoms with van der Waals surface area (Å²) in [6.07, 6.45) is 17.1. The van der Waals surface area contributed by atoms with Crippen LogP contribution in [0, 0.1) is 0 Å². The molecule has 1 atom stereocenters. The van der Waals surface area contributed by atoms with E-state index in [0.29, 0.717) is 23.3 Å². The van der Waals surface area contributed by atoms with Gasteiger partial charge in [-0.3, -0.25) is 0 Å². The quantitative estimate of drug-likeness (QED) is 0.191. The van der Waals surface area contributed by atoms with Crippen LogP contribution in [0.15, 0.2) is 35.5 Å². The number of ether oxygens (including phenoxy) is 1. The van der Waals surface area contributed by atoms with Crippen LogP contribution >= 0.6 is 0 Å². The van der Waals surface area contributed by atoms with Crippen LogP contribution in [0.25, 0.3) is 0 Å². The lowest BCUT2D eigenvalue weighted by atomic mass is 9.93. The van der Waals surface area contributed by atoms with Gasteiger partial charge in [-0.25, -0.2) is 9.59 Å². The van der Waals surface area contributed by atoms with Crippen LogP contribution in [-0.4, -0.2) is 24.2 Å². The van der Waals surface area contributed by atoms with Gasteiger partial charge in [0.2, 0.25) is 0 Å². The Kier molecular flexibility index (Phi) is 12.4. The van der Waals surface area contributed by atoms with E-state index in [2.05, 4.69) is 17.6 Å². The number of benzene rings is 1. The first-order chi connectivity index (χ1) is 16.1. The predicted molar refractivity (Wildman–Crippen MR) is 132 cm³/mol. The number of carbonyl (C=O) groups is 2. The lowest BCUT2D eigenvalue weighted by Crippen LogP contribution is -2.45. The maximum absolute atomic E-state index is 12.6. The van der Waals surface area contributed by atoms with Gasteiger partial charge in [0.05, 0.1) is 18.7 Å². The summed E-state index contributed by atoms with van der Waals surface area (Å²) in [7, 11) is 1.34. The molecule has 0 radical (unpaired) electrons. The van der Waals surface area contributed by atoms with Crippen molar-refractivity contribution in [2.45, 2.75) is 103 Å². The summed E-state index contributed by atoms with van der Waals surface area (Å²) in [6.45, 7) is 2.26. The maximum atomic E-state index is 12.6. The highest BCUT2D eigenvalue weighted by molar-refractivity contribution is 5.95. The number of hydrogen-bond acceptors (Lipinski definition) is 4. The van der Waals surface area contributed by atoms with Gasteiger partial charge in [-0.05, 0) is 30.5 Å². The van der Waals surface area contributed by atoms with Crippen molar-refractivity contribution in [1.29, 1.82) is 0 Å². The number of allylic oxidation sites excluding steroid dienone is 1. The molecule has 1 aromatic carbocycles. The molecule has 0 spiro atoms. The molecule has 1 aliphatic rings. The Labute approximate surface area is 199 Å². The second kappa shape index (κ2) is 15.4. The number of urea groups is 1. The van der Waals surface area contributed by atoms with Crippen molar-refractivity contribution in [3.8, 4) is 5.75 Å². The van der Waals surface area contributed by atoms with Gasteiger partial charge in [0.1, 0.15) is 5.75 Å². The standard InChI is InChI=1S/C27H42N2O4/c1-3-4-5-6-7-8-9-10-11-12-13-14-15-19-23-24(26(31)33-2)25(29-27(32)28-23)21-17-16-18-22(30)20-21/h16-18,20,25,30H,3-15,19H2,1-2H3,(H2,28,29,32). The summed E-state index contributed by atoms with van der Waals surface area (Å²) in [5.74, 6) is -0.386. The van der Waals surface area contributed by atoms with Crippen LogP contribution < -0.4 is 10.6 Å². The van der Waals surface area contributed by atoms with Crippen molar-refractivity contribution in [3.63, 3.8) is 0 Å². The molecule has 1 aliphatic heterocycles. The van der Waals surface area contributed by atoms with Gasteiger partial charge in [-0.1, -0.05) is 96.1 Å². The number of carbonyl (C=O) groups excluding carboxylic acids is 2.